The summed E-state index contributed by atoms with van der Waals surface area (Å²) in [5, 5.41) is 9.01. The minimum Gasteiger partial charge on any atom is -0.387 e. The summed E-state index contributed by atoms with van der Waals surface area (Å²) in [4.78, 5) is 15.6. The number of fused-ring (bicyclic) bond motifs is 1. The number of aliphatic hydroxyl groups is 1. The number of rotatable bonds is 1. The van der Waals surface area contributed by atoms with Crippen molar-refractivity contribution in [3.8, 4) is 0 Å². The molecule has 0 aliphatic carbocycles. The van der Waals surface area contributed by atoms with Crippen molar-refractivity contribution in [1.82, 2.24) is 4.90 Å². The van der Waals surface area contributed by atoms with Crippen molar-refractivity contribution in [3.05, 3.63) is 29.8 Å². The molecule has 1 atom stereocenters. The number of para-hydroxylation sites is 1. The van der Waals surface area contributed by atoms with Gasteiger partial charge in [0.05, 0.1) is 0 Å². The lowest BCUT2D eigenvalue weighted by molar-refractivity contribution is -0.136. The van der Waals surface area contributed by atoms with E-state index >= 15 is 0 Å². The molecule has 0 saturated heterocycles. The fourth-order valence-corrected chi connectivity index (χ4v) is 2.37. The van der Waals surface area contributed by atoms with Crippen LogP contribution in [0.4, 0.5) is 5.69 Å². The molecule has 4 heteroatoms. The van der Waals surface area contributed by atoms with Crippen molar-refractivity contribution in [2.75, 3.05) is 25.1 Å². The molecular weight excluding hydrogens is 216 g/mol. The Balaban J connectivity index is 2.35. The van der Waals surface area contributed by atoms with Crippen LogP contribution >= 0.6 is 0 Å². The Bertz CT molecular complexity index is 420. The quantitative estimate of drug-likeness (QED) is 0.783. The van der Waals surface area contributed by atoms with Crippen molar-refractivity contribution in [2.24, 2.45) is 0 Å². The van der Waals surface area contributed by atoms with Gasteiger partial charge in [-0.3, -0.25) is 4.79 Å². The zero-order chi connectivity index (χ0) is 12.4. The van der Waals surface area contributed by atoms with E-state index in [0.717, 1.165) is 17.8 Å². The van der Waals surface area contributed by atoms with Crippen LogP contribution in [0.2, 0.25) is 0 Å². The van der Waals surface area contributed by atoms with Crippen LogP contribution in [-0.2, 0) is 11.3 Å². The first kappa shape index (κ1) is 11.9. The second-order valence-corrected chi connectivity index (χ2v) is 4.54. The predicted octanol–water partition coefficient (Wildman–Crippen LogP) is 0.846. The first-order valence-corrected chi connectivity index (χ1v) is 5.83. The smallest absolute Gasteiger partial charge is 0.248 e. The fraction of sp³-hybridized carbons (Fsp3) is 0.462. The van der Waals surface area contributed by atoms with Crippen LogP contribution in [-0.4, -0.2) is 42.2 Å². The maximum atomic E-state index is 11.7. The fourth-order valence-electron chi connectivity index (χ4n) is 2.37. The lowest BCUT2D eigenvalue weighted by atomic mass is 10.1. The molecular formula is C13H18N2O2. The van der Waals surface area contributed by atoms with Gasteiger partial charge in [0.25, 0.3) is 0 Å². The number of nitrogens with zero attached hydrogens (tertiary/aromatic N) is 2. The Morgan fingerprint density at radius 2 is 2.18 bits per heavy atom. The second-order valence-electron chi connectivity index (χ2n) is 4.54. The standard InChI is InChI=1S/C13H18N2O2/c1-10-7-14(2)12-6-4-3-5-11(12)8-15(10)13(17)9-16/h3-6,10,16H,7-9H2,1-2H3. The van der Waals surface area contributed by atoms with Crippen molar-refractivity contribution in [1.29, 1.82) is 0 Å². The largest absolute Gasteiger partial charge is 0.387 e. The second kappa shape index (κ2) is 4.75. The van der Waals surface area contributed by atoms with Crippen LogP contribution < -0.4 is 4.90 Å². The molecule has 17 heavy (non-hydrogen) atoms. The summed E-state index contributed by atoms with van der Waals surface area (Å²) in [5.74, 6) is -0.206. The Hall–Kier alpha value is -1.55. The minimum atomic E-state index is -0.420. The molecule has 1 aliphatic heterocycles. The van der Waals surface area contributed by atoms with Crippen LogP contribution in [0, 0.1) is 0 Å². The Kier molecular flexibility index (Phi) is 3.33. The summed E-state index contributed by atoms with van der Waals surface area (Å²) in [6.45, 7) is 2.94. The number of hydrogen-bond donors (Lipinski definition) is 1. The van der Waals surface area contributed by atoms with Gasteiger partial charge in [-0.25, -0.2) is 0 Å². The molecule has 0 spiro atoms. The van der Waals surface area contributed by atoms with Gasteiger partial charge < -0.3 is 14.9 Å². The van der Waals surface area contributed by atoms with Crippen molar-refractivity contribution in [2.45, 2.75) is 19.5 Å². The molecule has 0 saturated carbocycles. The third kappa shape index (κ3) is 2.26. The summed E-state index contributed by atoms with van der Waals surface area (Å²) < 4.78 is 0. The number of amides is 1. The molecule has 1 amide bonds. The van der Waals surface area contributed by atoms with Crippen molar-refractivity contribution >= 4 is 11.6 Å². The van der Waals surface area contributed by atoms with E-state index in [9.17, 15) is 4.79 Å². The Labute approximate surface area is 101 Å². The zero-order valence-corrected chi connectivity index (χ0v) is 10.3. The molecule has 1 aromatic rings. The maximum absolute atomic E-state index is 11.7. The van der Waals surface area contributed by atoms with Crippen LogP contribution in [0.3, 0.4) is 0 Å². The first-order chi connectivity index (χ1) is 8.13. The highest BCUT2D eigenvalue weighted by molar-refractivity contribution is 5.78. The van der Waals surface area contributed by atoms with E-state index in [2.05, 4.69) is 11.0 Å². The molecule has 1 heterocycles. The Morgan fingerprint density at radius 3 is 2.88 bits per heavy atom. The normalized spacial score (nSPS) is 19.8. The first-order valence-electron chi connectivity index (χ1n) is 5.83. The molecule has 92 valence electrons. The topological polar surface area (TPSA) is 43.8 Å². The molecule has 1 N–H and O–H groups in total. The molecule has 0 fully saturated rings. The lowest BCUT2D eigenvalue weighted by Crippen LogP contribution is -2.43. The number of anilines is 1. The average molecular weight is 234 g/mol. The monoisotopic (exact) mass is 234 g/mol. The van der Waals surface area contributed by atoms with E-state index < -0.39 is 6.61 Å². The molecule has 1 aliphatic rings. The number of benzene rings is 1. The van der Waals surface area contributed by atoms with Gasteiger partial charge in [-0.1, -0.05) is 18.2 Å². The predicted molar refractivity (Wildman–Crippen MR) is 66.8 cm³/mol. The molecule has 1 aromatic carbocycles. The summed E-state index contributed by atoms with van der Waals surface area (Å²) >= 11 is 0. The van der Waals surface area contributed by atoms with Crippen LogP contribution in [0.5, 0.6) is 0 Å². The maximum Gasteiger partial charge on any atom is 0.248 e. The average Bonchev–Trinajstić information content (AvgIpc) is 2.46. The summed E-state index contributed by atoms with van der Waals surface area (Å²) in [7, 11) is 2.03. The van der Waals surface area contributed by atoms with Gasteiger partial charge in [-0.05, 0) is 18.6 Å². The van der Waals surface area contributed by atoms with Gasteiger partial charge in [-0.15, -0.1) is 0 Å². The highest BCUT2D eigenvalue weighted by Crippen LogP contribution is 2.25. The zero-order valence-electron chi connectivity index (χ0n) is 10.3. The van der Waals surface area contributed by atoms with Crippen LogP contribution in [0.25, 0.3) is 0 Å². The number of carbonyl (C=O) groups excluding carboxylic acids is 1. The Morgan fingerprint density at radius 1 is 1.47 bits per heavy atom. The van der Waals surface area contributed by atoms with Crippen molar-refractivity contribution < 1.29 is 9.90 Å². The van der Waals surface area contributed by atoms with Crippen molar-refractivity contribution in [3.63, 3.8) is 0 Å². The molecule has 1 unspecified atom stereocenters. The highest BCUT2D eigenvalue weighted by atomic mass is 16.3. The van der Waals surface area contributed by atoms with Crippen LogP contribution in [0.1, 0.15) is 12.5 Å². The van der Waals surface area contributed by atoms with Gasteiger partial charge in [0.1, 0.15) is 6.61 Å². The van der Waals surface area contributed by atoms with Gasteiger partial charge in [0.15, 0.2) is 0 Å². The van der Waals surface area contributed by atoms with E-state index in [1.54, 1.807) is 4.90 Å². The summed E-state index contributed by atoms with van der Waals surface area (Å²) in [6, 6.07) is 8.18. The molecule has 0 radical (unpaired) electrons. The van der Waals surface area contributed by atoms with Crippen LogP contribution in [0.15, 0.2) is 24.3 Å². The summed E-state index contributed by atoms with van der Waals surface area (Å²) in [6.07, 6.45) is 0. The summed E-state index contributed by atoms with van der Waals surface area (Å²) in [5.41, 5.74) is 2.29. The van der Waals surface area contributed by atoms with Gasteiger partial charge in [-0.2, -0.15) is 0 Å². The van der Waals surface area contributed by atoms with E-state index in [-0.39, 0.29) is 11.9 Å². The van der Waals surface area contributed by atoms with E-state index in [4.69, 9.17) is 5.11 Å². The van der Waals surface area contributed by atoms with Gasteiger partial charge in [0.2, 0.25) is 5.91 Å². The molecule has 0 aromatic heterocycles. The van der Waals surface area contributed by atoms with Gasteiger partial charge in [0, 0.05) is 31.9 Å². The number of aliphatic hydroxyl groups excluding tert-OH is 1. The number of carbonyl (C=O) groups is 1. The number of hydrogen-bond acceptors (Lipinski definition) is 3. The number of likely N-dealkylation sites (N-methyl/N-ethyl adjacent to an activating group) is 1. The van der Waals surface area contributed by atoms with E-state index in [1.807, 2.05) is 32.2 Å². The highest BCUT2D eigenvalue weighted by Gasteiger charge is 2.25. The SMILES string of the molecule is CC1CN(C)c2ccccc2CN1C(=O)CO. The lowest BCUT2D eigenvalue weighted by Gasteiger charge is -2.27. The minimum absolute atomic E-state index is 0.104. The molecule has 2 rings (SSSR count). The van der Waals surface area contributed by atoms with Gasteiger partial charge >= 0.3 is 0 Å². The van der Waals surface area contributed by atoms with E-state index in [0.29, 0.717) is 6.54 Å². The van der Waals surface area contributed by atoms with E-state index in [1.165, 1.54) is 0 Å². The molecule has 4 nitrogen and oxygen atoms in total. The third-order valence-corrected chi connectivity index (χ3v) is 3.27. The molecule has 0 bridgehead atoms. The third-order valence-electron chi connectivity index (χ3n) is 3.27.